The molecule has 0 bridgehead atoms. The lowest BCUT2D eigenvalue weighted by atomic mass is 9.77. The lowest BCUT2D eigenvalue weighted by Gasteiger charge is -2.26. The van der Waals surface area contributed by atoms with E-state index in [9.17, 15) is 9.59 Å². The lowest BCUT2D eigenvalue weighted by Crippen LogP contribution is -2.42. The third kappa shape index (κ3) is 2.59. The predicted molar refractivity (Wildman–Crippen MR) is 89.0 cm³/mol. The quantitative estimate of drug-likeness (QED) is 0.835. The highest BCUT2D eigenvalue weighted by Crippen LogP contribution is 2.42. The zero-order valence-corrected chi connectivity index (χ0v) is 14.1. The SMILES string of the molecule is CNc1ccc(N2C(=O)C(N)C(C)(CC(C)C)C2=O)c(Cl)c1. The molecule has 2 atom stereocenters. The number of benzene rings is 1. The third-order valence-electron chi connectivity index (χ3n) is 4.17. The molecule has 5 nitrogen and oxygen atoms in total. The van der Waals surface area contributed by atoms with Crippen LogP contribution >= 0.6 is 11.6 Å². The molecule has 0 radical (unpaired) electrons. The number of imide groups is 1. The van der Waals surface area contributed by atoms with Crippen LogP contribution in [-0.2, 0) is 9.59 Å². The van der Waals surface area contributed by atoms with E-state index in [4.69, 9.17) is 17.3 Å². The Bertz CT molecular complexity index is 617. The van der Waals surface area contributed by atoms with Gasteiger partial charge in [-0.1, -0.05) is 25.4 Å². The molecular formula is C16H22ClN3O2. The highest BCUT2D eigenvalue weighted by Gasteiger charge is 2.55. The monoisotopic (exact) mass is 323 g/mol. The lowest BCUT2D eigenvalue weighted by molar-refractivity contribution is -0.126. The molecule has 0 spiro atoms. The van der Waals surface area contributed by atoms with Gasteiger partial charge in [-0.3, -0.25) is 9.59 Å². The molecule has 1 aromatic carbocycles. The summed E-state index contributed by atoms with van der Waals surface area (Å²) in [6.45, 7) is 5.77. The van der Waals surface area contributed by atoms with Crippen LogP contribution in [0.4, 0.5) is 11.4 Å². The zero-order chi connectivity index (χ0) is 16.7. The van der Waals surface area contributed by atoms with Crippen molar-refractivity contribution in [2.75, 3.05) is 17.3 Å². The van der Waals surface area contributed by atoms with Crippen LogP contribution in [0.1, 0.15) is 27.2 Å². The third-order valence-corrected chi connectivity index (χ3v) is 4.48. The van der Waals surface area contributed by atoms with E-state index >= 15 is 0 Å². The summed E-state index contributed by atoms with van der Waals surface area (Å²) in [5, 5.41) is 3.30. The Morgan fingerprint density at radius 1 is 1.41 bits per heavy atom. The fraction of sp³-hybridized carbons (Fsp3) is 0.500. The van der Waals surface area contributed by atoms with Crippen LogP contribution in [0, 0.1) is 11.3 Å². The number of nitrogens with one attached hydrogen (secondary N) is 1. The number of hydrogen-bond acceptors (Lipinski definition) is 4. The summed E-state index contributed by atoms with van der Waals surface area (Å²) in [4.78, 5) is 26.5. The van der Waals surface area contributed by atoms with Crippen molar-refractivity contribution in [3.8, 4) is 0 Å². The van der Waals surface area contributed by atoms with Crippen LogP contribution in [-0.4, -0.2) is 24.9 Å². The van der Waals surface area contributed by atoms with Crippen molar-refractivity contribution in [3.63, 3.8) is 0 Å². The van der Waals surface area contributed by atoms with Crippen LogP contribution < -0.4 is 16.0 Å². The van der Waals surface area contributed by atoms with Crippen LogP contribution in [0.3, 0.4) is 0 Å². The molecule has 1 aliphatic heterocycles. The molecule has 2 rings (SSSR count). The highest BCUT2D eigenvalue weighted by molar-refractivity contribution is 6.36. The van der Waals surface area contributed by atoms with Gasteiger partial charge in [0.1, 0.15) is 0 Å². The Morgan fingerprint density at radius 3 is 2.55 bits per heavy atom. The fourth-order valence-electron chi connectivity index (χ4n) is 3.03. The molecule has 0 aromatic heterocycles. The first-order chi connectivity index (χ1) is 10.2. The minimum absolute atomic E-state index is 0.259. The molecule has 2 amide bonds. The number of amides is 2. The van der Waals surface area contributed by atoms with E-state index < -0.39 is 17.4 Å². The minimum atomic E-state index is -0.893. The Labute approximate surface area is 135 Å². The molecule has 1 fully saturated rings. The van der Waals surface area contributed by atoms with E-state index in [1.807, 2.05) is 13.8 Å². The average Bonchev–Trinajstić information content (AvgIpc) is 2.60. The Balaban J connectivity index is 2.45. The van der Waals surface area contributed by atoms with Crippen molar-refractivity contribution >= 4 is 34.8 Å². The van der Waals surface area contributed by atoms with Crippen LogP contribution in [0.2, 0.25) is 5.02 Å². The second-order valence-corrected chi connectivity index (χ2v) is 6.80. The Kier molecular flexibility index (Phi) is 4.49. The molecule has 6 heteroatoms. The van der Waals surface area contributed by atoms with Gasteiger partial charge in [0.15, 0.2) is 0 Å². The molecule has 1 saturated heterocycles. The van der Waals surface area contributed by atoms with Gasteiger partial charge in [0.25, 0.3) is 5.91 Å². The average molecular weight is 324 g/mol. The number of carbonyl (C=O) groups excluding carboxylic acids is 2. The van der Waals surface area contributed by atoms with Gasteiger partial charge in [0.05, 0.1) is 22.2 Å². The Morgan fingerprint density at radius 2 is 2.05 bits per heavy atom. The molecule has 1 aliphatic rings. The maximum absolute atomic E-state index is 12.8. The van der Waals surface area contributed by atoms with Gasteiger partial charge in [-0.15, -0.1) is 0 Å². The second-order valence-electron chi connectivity index (χ2n) is 6.39. The molecule has 2 unspecified atom stereocenters. The number of carbonyl (C=O) groups is 2. The molecule has 120 valence electrons. The largest absolute Gasteiger partial charge is 0.388 e. The van der Waals surface area contributed by atoms with Crippen LogP contribution in [0.25, 0.3) is 0 Å². The maximum Gasteiger partial charge on any atom is 0.251 e. The first-order valence-corrected chi connectivity index (χ1v) is 7.71. The number of anilines is 2. The van der Waals surface area contributed by atoms with E-state index in [-0.39, 0.29) is 11.8 Å². The van der Waals surface area contributed by atoms with E-state index in [2.05, 4.69) is 5.32 Å². The second kappa shape index (κ2) is 5.89. The summed E-state index contributed by atoms with van der Waals surface area (Å²) < 4.78 is 0. The Hall–Kier alpha value is -1.59. The normalized spacial score (nSPS) is 25.2. The summed E-state index contributed by atoms with van der Waals surface area (Å²) in [6.07, 6.45) is 0.557. The predicted octanol–water partition coefficient (Wildman–Crippen LogP) is 2.63. The summed E-state index contributed by atoms with van der Waals surface area (Å²) in [5.74, 6) is -0.417. The highest BCUT2D eigenvalue weighted by atomic mass is 35.5. The molecule has 22 heavy (non-hydrogen) atoms. The molecule has 0 aliphatic carbocycles. The molecule has 3 N–H and O–H groups in total. The smallest absolute Gasteiger partial charge is 0.251 e. The van der Waals surface area contributed by atoms with Gasteiger partial charge >= 0.3 is 0 Å². The van der Waals surface area contributed by atoms with Gasteiger partial charge < -0.3 is 11.1 Å². The van der Waals surface area contributed by atoms with Gasteiger partial charge in [-0.05, 0) is 37.5 Å². The van der Waals surface area contributed by atoms with Crippen molar-refractivity contribution in [1.29, 1.82) is 0 Å². The molecule has 1 aromatic rings. The summed E-state index contributed by atoms with van der Waals surface area (Å²) in [5.41, 5.74) is 6.36. The number of nitrogens with two attached hydrogens (primary N) is 1. The first-order valence-electron chi connectivity index (χ1n) is 7.33. The van der Waals surface area contributed by atoms with E-state index in [0.29, 0.717) is 17.1 Å². The zero-order valence-electron chi connectivity index (χ0n) is 13.3. The van der Waals surface area contributed by atoms with Gasteiger partial charge in [0, 0.05) is 12.7 Å². The molecule has 0 saturated carbocycles. The fourth-order valence-corrected chi connectivity index (χ4v) is 3.30. The number of hydrogen-bond donors (Lipinski definition) is 2. The van der Waals surface area contributed by atoms with E-state index in [1.54, 1.807) is 32.2 Å². The summed E-state index contributed by atoms with van der Waals surface area (Å²) in [6, 6.07) is 4.27. The topological polar surface area (TPSA) is 75.4 Å². The van der Waals surface area contributed by atoms with Gasteiger partial charge in [-0.25, -0.2) is 4.90 Å². The van der Waals surface area contributed by atoms with Crippen molar-refractivity contribution < 1.29 is 9.59 Å². The van der Waals surface area contributed by atoms with Gasteiger partial charge in [-0.2, -0.15) is 0 Å². The van der Waals surface area contributed by atoms with Crippen LogP contribution in [0.15, 0.2) is 18.2 Å². The van der Waals surface area contributed by atoms with Crippen molar-refractivity contribution in [1.82, 2.24) is 0 Å². The molecular weight excluding hydrogens is 302 g/mol. The number of halogens is 1. The summed E-state index contributed by atoms with van der Waals surface area (Å²) >= 11 is 6.24. The van der Waals surface area contributed by atoms with E-state index in [1.165, 1.54) is 0 Å². The van der Waals surface area contributed by atoms with E-state index in [0.717, 1.165) is 10.6 Å². The van der Waals surface area contributed by atoms with Crippen LogP contribution in [0.5, 0.6) is 0 Å². The van der Waals surface area contributed by atoms with Crippen molar-refractivity contribution in [2.24, 2.45) is 17.1 Å². The standard InChI is InChI=1S/C16H22ClN3O2/c1-9(2)8-16(3)13(18)14(21)20(15(16)22)12-6-5-10(19-4)7-11(12)17/h5-7,9,13,19H,8,18H2,1-4H3. The van der Waals surface area contributed by atoms with Crippen molar-refractivity contribution in [3.05, 3.63) is 23.2 Å². The number of rotatable bonds is 4. The number of nitrogens with zero attached hydrogens (tertiary/aromatic N) is 1. The van der Waals surface area contributed by atoms with Gasteiger partial charge in [0.2, 0.25) is 5.91 Å². The first kappa shape index (κ1) is 16.8. The summed E-state index contributed by atoms with van der Waals surface area (Å²) in [7, 11) is 1.77. The molecule has 1 heterocycles. The minimum Gasteiger partial charge on any atom is -0.388 e. The van der Waals surface area contributed by atoms with Crippen molar-refractivity contribution in [2.45, 2.75) is 33.2 Å². The maximum atomic E-state index is 12.8.